The molecule has 0 fully saturated rings. The van der Waals surface area contributed by atoms with Crippen LogP contribution in [0, 0.1) is 23.7 Å². The summed E-state index contributed by atoms with van der Waals surface area (Å²) in [6.07, 6.45) is 2.44. The van der Waals surface area contributed by atoms with Crippen molar-refractivity contribution in [2.75, 3.05) is 0 Å². The summed E-state index contributed by atoms with van der Waals surface area (Å²) in [5.41, 5.74) is 4.32. The fourth-order valence-electron chi connectivity index (χ4n) is 4.99. The number of thiophene rings is 1. The summed E-state index contributed by atoms with van der Waals surface area (Å²) in [5.74, 6) is -3.12. The zero-order valence-corrected chi connectivity index (χ0v) is 22.9. The summed E-state index contributed by atoms with van der Waals surface area (Å²) in [7, 11) is 0. The molecule has 2 aliphatic rings. The van der Waals surface area contributed by atoms with Gasteiger partial charge in [0.1, 0.15) is 18.5 Å². The summed E-state index contributed by atoms with van der Waals surface area (Å²) in [4.78, 5) is 55.9. The summed E-state index contributed by atoms with van der Waals surface area (Å²) in [6.45, 7) is 5.89. The Labute approximate surface area is 226 Å². The van der Waals surface area contributed by atoms with Crippen LogP contribution in [0.15, 0.2) is 40.9 Å². The van der Waals surface area contributed by atoms with Gasteiger partial charge < -0.3 is 14.9 Å². The molecule has 6 atom stereocenters. The molecule has 0 radical (unpaired) electrons. The molecule has 6 unspecified atom stereocenters. The highest BCUT2D eigenvalue weighted by molar-refractivity contribution is 7.09. The normalized spacial score (nSPS) is 24.5. The van der Waals surface area contributed by atoms with E-state index in [9.17, 15) is 24.3 Å². The molecule has 0 spiro atoms. The quantitative estimate of drug-likeness (QED) is 0.233. The molecule has 38 heavy (non-hydrogen) atoms. The first-order chi connectivity index (χ1) is 18.1. The van der Waals surface area contributed by atoms with Gasteiger partial charge in [0, 0.05) is 36.0 Å². The number of hydroxylamine groups is 1. The smallest absolute Gasteiger partial charge is 0.308 e. The Morgan fingerprint density at radius 3 is 2.68 bits per heavy atom. The number of carboxylic acids is 1. The van der Waals surface area contributed by atoms with Crippen LogP contribution in [0.4, 0.5) is 0 Å². The maximum absolute atomic E-state index is 13.0. The molecule has 0 saturated heterocycles. The predicted octanol–water partition coefficient (Wildman–Crippen LogP) is 3.97. The number of rotatable bonds is 14. The van der Waals surface area contributed by atoms with E-state index in [4.69, 9.17) is 14.7 Å². The van der Waals surface area contributed by atoms with Crippen LogP contribution in [-0.4, -0.2) is 45.9 Å². The van der Waals surface area contributed by atoms with Crippen LogP contribution >= 0.6 is 11.3 Å². The molecule has 208 valence electrons. The van der Waals surface area contributed by atoms with E-state index in [-0.39, 0.29) is 48.1 Å². The van der Waals surface area contributed by atoms with Crippen molar-refractivity contribution in [2.45, 2.75) is 78.1 Å². The van der Waals surface area contributed by atoms with Gasteiger partial charge in [0.15, 0.2) is 5.78 Å². The van der Waals surface area contributed by atoms with Crippen molar-refractivity contribution < 1.29 is 39.0 Å². The number of fused-ring (bicyclic) bond motifs is 1. The molecule has 3 N–H and O–H groups in total. The average Bonchev–Trinajstić information content (AvgIpc) is 3.38. The van der Waals surface area contributed by atoms with Crippen LogP contribution in [0.5, 0.6) is 0 Å². The van der Waals surface area contributed by atoms with Gasteiger partial charge in [-0.25, -0.2) is 0 Å². The number of esters is 1. The Morgan fingerprint density at radius 1 is 1.26 bits per heavy atom. The number of hydrogen-bond acceptors (Lipinski definition) is 9. The molecule has 1 heterocycles. The molecule has 0 bridgehead atoms. The number of carbonyl (C=O) groups excluding carboxylic acids is 3. The van der Waals surface area contributed by atoms with Crippen molar-refractivity contribution in [3.05, 3.63) is 45.8 Å². The SMILES string of the molecule is CCC(C)C(=O)OC1CC=C(NOCc2cccs2)C2=CC(=O)C(C)C(CCC(=O)CC(O)CC(=O)O)C21. The molecule has 9 nitrogen and oxygen atoms in total. The third-order valence-corrected chi connectivity index (χ3v) is 8.21. The van der Waals surface area contributed by atoms with Gasteiger partial charge in [-0.1, -0.05) is 32.9 Å². The lowest BCUT2D eigenvalue weighted by Gasteiger charge is -2.43. The molecule has 1 aromatic rings. The van der Waals surface area contributed by atoms with Gasteiger partial charge in [0.05, 0.1) is 24.1 Å². The van der Waals surface area contributed by atoms with Crippen molar-refractivity contribution in [1.29, 1.82) is 0 Å². The van der Waals surface area contributed by atoms with Gasteiger partial charge in [-0.05, 0) is 41.9 Å². The summed E-state index contributed by atoms with van der Waals surface area (Å²) in [6, 6.07) is 3.89. The van der Waals surface area contributed by atoms with E-state index in [1.807, 2.05) is 44.4 Å². The number of allylic oxidation sites excluding steroid dienone is 2. The summed E-state index contributed by atoms with van der Waals surface area (Å²) in [5, 5.41) is 20.7. The van der Waals surface area contributed by atoms with E-state index < -0.39 is 30.5 Å². The van der Waals surface area contributed by atoms with Crippen LogP contribution in [0.2, 0.25) is 0 Å². The minimum Gasteiger partial charge on any atom is -0.481 e. The zero-order valence-electron chi connectivity index (χ0n) is 22.1. The number of ether oxygens (including phenoxy) is 1. The molecular weight excluding hydrogens is 510 g/mol. The van der Waals surface area contributed by atoms with Crippen LogP contribution < -0.4 is 5.48 Å². The molecule has 1 aromatic heterocycles. The molecule has 2 aliphatic carbocycles. The highest BCUT2D eigenvalue weighted by Gasteiger charge is 2.45. The van der Waals surface area contributed by atoms with Crippen molar-refractivity contribution >= 4 is 34.8 Å². The van der Waals surface area contributed by atoms with Gasteiger partial charge in [-0.2, -0.15) is 0 Å². The number of aliphatic carboxylic acids is 1. The molecule has 0 saturated carbocycles. The van der Waals surface area contributed by atoms with E-state index in [2.05, 4.69) is 5.48 Å². The Balaban J connectivity index is 1.79. The summed E-state index contributed by atoms with van der Waals surface area (Å²) >= 11 is 1.57. The molecule has 10 heteroatoms. The number of aliphatic hydroxyl groups is 1. The number of hydrogen-bond donors (Lipinski definition) is 3. The molecule has 0 aromatic carbocycles. The topological polar surface area (TPSA) is 139 Å². The molecule has 3 rings (SSSR count). The minimum atomic E-state index is -1.25. The Morgan fingerprint density at radius 2 is 2.03 bits per heavy atom. The van der Waals surface area contributed by atoms with Crippen LogP contribution in [-0.2, 0) is 35.4 Å². The lowest BCUT2D eigenvalue weighted by atomic mass is 9.65. The predicted molar refractivity (Wildman–Crippen MR) is 141 cm³/mol. The number of nitrogens with one attached hydrogen (secondary N) is 1. The highest BCUT2D eigenvalue weighted by atomic mass is 32.1. The van der Waals surface area contributed by atoms with Gasteiger partial charge in [0.25, 0.3) is 0 Å². The first-order valence-electron chi connectivity index (χ1n) is 13.1. The fourth-order valence-corrected chi connectivity index (χ4v) is 5.61. The van der Waals surface area contributed by atoms with Gasteiger partial charge in [0.2, 0.25) is 0 Å². The van der Waals surface area contributed by atoms with Crippen molar-refractivity contribution in [1.82, 2.24) is 5.48 Å². The largest absolute Gasteiger partial charge is 0.481 e. The molecular formula is C28H37NO8S. The lowest BCUT2D eigenvalue weighted by molar-refractivity contribution is -0.157. The molecule has 0 amide bonds. The van der Waals surface area contributed by atoms with E-state index in [0.717, 1.165) is 4.88 Å². The van der Waals surface area contributed by atoms with Crippen LogP contribution in [0.3, 0.4) is 0 Å². The number of Topliss-reactive ketones (excluding diaryl/α,β-unsaturated/α-hetero) is 1. The second kappa shape index (κ2) is 13.8. The van der Waals surface area contributed by atoms with Crippen molar-refractivity contribution in [2.24, 2.45) is 23.7 Å². The first kappa shape index (κ1) is 29.7. The van der Waals surface area contributed by atoms with E-state index >= 15 is 0 Å². The number of ketones is 2. The Hall–Kier alpha value is -2.82. The number of carboxylic acid groups (broad SMARTS) is 1. The minimum absolute atomic E-state index is 0.0795. The van der Waals surface area contributed by atoms with Gasteiger partial charge in [-0.15, -0.1) is 11.3 Å². The second-order valence-electron chi connectivity index (χ2n) is 10.1. The fraction of sp³-hybridized carbons (Fsp3) is 0.571. The van der Waals surface area contributed by atoms with E-state index in [0.29, 0.717) is 37.1 Å². The monoisotopic (exact) mass is 547 g/mol. The maximum atomic E-state index is 13.0. The maximum Gasteiger partial charge on any atom is 0.308 e. The van der Waals surface area contributed by atoms with Crippen molar-refractivity contribution in [3.63, 3.8) is 0 Å². The second-order valence-corrected chi connectivity index (χ2v) is 11.2. The Kier molecular flexibility index (Phi) is 10.8. The average molecular weight is 548 g/mol. The standard InChI is InChI=1S/C28H37NO8S/c1-4-16(2)28(35)37-25-10-9-23(29-36-15-20-6-5-11-38-20)22-14-24(32)17(3)21(27(22)25)8-7-18(30)12-19(31)13-26(33)34/h5-6,9,11,14,16-17,19,21,25,27,29,31H,4,7-8,10,12-13,15H2,1-3H3,(H,33,34). The van der Waals surface area contributed by atoms with E-state index in [1.54, 1.807) is 17.4 Å². The lowest BCUT2D eigenvalue weighted by Crippen LogP contribution is -2.45. The third kappa shape index (κ3) is 7.85. The summed E-state index contributed by atoms with van der Waals surface area (Å²) < 4.78 is 5.96. The molecule has 0 aliphatic heterocycles. The van der Waals surface area contributed by atoms with Gasteiger partial charge in [-0.3, -0.25) is 29.5 Å². The number of carbonyl (C=O) groups is 4. The van der Waals surface area contributed by atoms with Gasteiger partial charge >= 0.3 is 11.9 Å². The number of aliphatic hydroxyl groups excluding tert-OH is 1. The van der Waals surface area contributed by atoms with Crippen LogP contribution in [0.25, 0.3) is 0 Å². The van der Waals surface area contributed by atoms with Crippen molar-refractivity contribution in [3.8, 4) is 0 Å². The zero-order chi connectivity index (χ0) is 27.8. The highest BCUT2D eigenvalue weighted by Crippen LogP contribution is 2.45. The Bertz CT molecular complexity index is 1060. The van der Waals surface area contributed by atoms with E-state index in [1.165, 1.54) is 0 Å². The first-order valence-corrected chi connectivity index (χ1v) is 14.0. The van der Waals surface area contributed by atoms with Crippen LogP contribution in [0.1, 0.15) is 64.2 Å². The third-order valence-electron chi connectivity index (χ3n) is 7.36.